The fourth-order valence-corrected chi connectivity index (χ4v) is 2.07. The third-order valence-corrected chi connectivity index (χ3v) is 2.77. The van der Waals surface area contributed by atoms with Crippen LogP contribution in [0.5, 0.6) is 0 Å². The van der Waals surface area contributed by atoms with Crippen molar-refractivity contribution in [2.24, 2.45) is 22.7 Å². The van der Waals surface area contributed by atoms with Crippen molar-refractivity contribution >= 4 is 24.2 Å². The summed E-state index contributed by atoms with van der Waals surface area (Å²) < 4.78 is 0. The molecular weight excluding hydrogens is 186 g/mol. The van der Waals surface area contributed by atoms with Crippen LogP contribution in [0.15, 0.2) is 5.10 Å². The average molecular weight is 201 g/mol. The Labute approximate surface area is 83.6 Å². The van der Waals surface area contributed by atoms with Crippen molar-refractivity contribution in [2.75, 3.05) is 19.3 Å². The highest BCUT2D eigenvalue weighted by Crippen LogP contribution is 2.21. The molecule has 1 aliphatic heterocycles. The standard InChI is InChI=1S/C8H15N3OS/c1-5-6(3-11(2)10-5)7(4-13)8(9)12/h6-7,13H,3-4H2,1-2H3,(H2,9,12). The maximum absolute atomic E-state index is 11.1. The largest absolute Gasteiger partial charge is 0.369 e. The molecule has 0 aromatic rings. The van der Waals surface area contributed by atoms with Crippen LogP contribution in [0.2, 0.25) is 0 Å². The molecule has 4 nitrogen and oxygen atoms in total. The highest BCUT2D eigenvalue weighted by molar-refractivity contribution is 7.80. The fourth-order valence-electron chi connectivity index (χ4n) is 1.63. The minimum Gasteiger partial charge on any atom is -0.369 e. The van der Waals surface area contributed by atoms with Crippen LogP contribution in [0, 0.1) is 11.8 Å². The van der Waals surface area contributed by atoms with Gasteiger partial charge in [-0.2, -0.15) is 17.7 Å². The lowest BCUT2D eigenvalue weighted by Crippen LogP contribution is -2.36. The number of amides is 1. The Balaban J connectivity index is 2.72. The molecule has 1 amide bonds. The highest BCUT2D eigenvalue weighted by atomic mass is 32.1. The van der Waals surface area contributed by atoms with Crippen LogP contribution in [0.1, 0.15) is 6.92 Å². The average Bonchev–Trinajstić information content (AvgIpc) is 2.31. The van der Waals surface area contributed by atoms with Gasteiger partial charge in [0.05, 0.1) is 5.92 Å². The van der Waals surface area contributed by atoms with E-state index in [2.05, 4.69) is 17.7 Å². The van der Waals surface area contributed by atoms with E-state index in [0.717, 1.165) is 12.3 Å². The van der Waals surface area contributed by atoms with E-state index in [1.54, 1.807) is 0 Å². The molecule has 0 aliphatic carbocycles. The molecule has 1 heterocycles. The fraction of sp³-hybridized carbons (Fsp3) is 0.750. The normalized spacial score (nSPS) is 24.4. The van der Waals surface area contributed by atoms with E-state index in [9.17, 15) is 4.79 Å². The van der Waals surface area contributed by atoms with Crippen molar-refractivity contribution in [3.8, 4) is 0 Å². The minimum atomic E-state index is -0.287. The Hall–Kier alpha value is -0.710. The number of carbonyl (C=O) groups is 1. The molecule has 0 radical (unpaired) electrons. The van der Waals surface area contributed by atoms with Gasteiger partial charge in [-0.15, -0.1) is 0 Å². The lowest BCUT2D eigenvalue weighted by molar-refractivity contribution is -0.121. The van der Waals surface area contributed by atoms with Gasteiger partial charge < -0.3 is 5.73 Å². The summed E-state index contributed by atoms with van der Waals surface area (Å²) in [5, 5.41) is 6.06. The molecular formula is C8H15N3OS. The van der Waals surface area contributed by atoms with Crippen molar-refractivity contribution in [2.45, 2.75) is 6.92 Å². The molecule has 2 atom stereocenters. The quantitative estimate of drug-likeness (QED) is 0.629. The maximum Gasteiger partial charge on any atom is 0.222 e. The van der Waals surface area contributed by atoms with E-state index in [4.69, 9.17) is 5.73 Å². The number of carbonyl (C=O) groups excluding carboxylic acids is 1. The Morgan fingerprint density at radius 2 is 2.54 bits per heavy atom. The molecule has 0 bridgehead atoms. The predicted octanol–water partition coefficient (Wildman–Crippen LogP) is -0.0448. The number of hydrogen-bond donors (Lipinski definition) is 2. The molecule has 0 saturated heterocycles. The van der Waals surface area contributed by atoms with Crippen molar-refractivity contribution < 1.29 is 4.79 Å². The molecule has 74 valence electrons. The molecule has 5 heteroatoms. The Morgan fingerprint density at radius 1 is 1.92 bits per heavy atom. The zero-order valence-corrected chi connectivity index (χ0v) is 8.79. The molecule has 0 spiro atoms. The summed E-state index contributed by atoms with van der Waals surface area (Å²) in [4.78, 5) is 11.1. The minimum absolute atomic E-state index is 0.139. The van der Waals surface area contributed by atoms with Gasteiger partial charge in [-0.05, 0) is 6.92 Å². The summed E-state index contributed by atoms with van der Waals surface area (Å²) in [7, 11) is 1.89. The molecule has 0 aromatic carbocycles. The van der Waals surface area contributed by atoms with Crippen LogP contribution < -0.4 is 5.73 Å². The lowest BCUT2D eigenvalue weighted by atomic mass is 9.90. The van der Waals surface area contributed by atoms with Crippen LogP contribution in [0.25, 0.3) is 0 Å². The number of primary amides is 1. The number of nitrogens with two attached hydrogens (primary N) is 1. The highest BCUT2D eigenvalue weighted by Gasteiger charge is 2.32. The summed E-state index contributed by atoms with van der Waals surface area (Å²) in [6.45, 7) is 2.69. The van der Waals surface area contributed by atoms with Gasteiger partial charge in [0.15, 0.2) is 0 Å². The molecule has 2 unspecified atom stereocenters. The van der Waals surface area contributed by atoms with Gasteiger partial charge in [0, 0.05) is 31.0 Å². The van der Waals surface area contributed by atoms with Crippen molar-refractivity contribution in [1.82, 2.24) is 5.01 Å². The van der Waals surface area contributed by atoms with Gasteiger partial charge in [0.2, 0.25) is 5.91 Å². The number of nitrogens with zero attached hydrogens (tertiary/aromatic N) is 2. The van der Waals surface area contributed by atoms with E-state index in [-0.39, 0.29) is 17.7 Å². The topological polar surface area (TPSA) is 58.7 Å². The van der Waals surface area contributed by atoms with Gasteiger partial charge in [-0.25, -0.2) is 0 Å². The second-order valence-electron chi connectivity index (χ2n) is 3.38. The number of hydrazone groups is 1. The van der Waals surface area contributed by atoms with Crippen LogP contribution >= 0.6 is 12.6 Å². The molecule has 0 saturated carbocycles. The van der Waals surface area contributed by atoms with Gasteiger partial charge in [-0.3, -0.25) is 9.80 Å². The molecule has 1 rings (SSSR count). The van der Waals surface area contributed by atoms with Crippen molar-refractivity contribution in [1.29, 1.82) is 0 Å². The monoisotopic (exact) mass is 201 g/mol. The van der Waals surface area contributed by atoms with E-state index < -0.39 is 0 Å². The molecule has 2 N–H and O–H groups in total. The molecule has 1 aliphatic rings. The molecule has 0 aromatic heterocycles. The van der Waals surface area contributed by atoms with Crippen LogP contribution in [-0.4, -0.2) is 36.0 Å². The van der Waals surface area contributed by atoms with E-state index in [1.165, 1.54) is 0 Å². The van der Waals surface area contributed by atoms with Gasteiger partial charge in [-0.1, -0.05) is 0 Å². The number of rotatable bonds is 3. The number of thiol groups is 1. The van der Waals surface area contributed by atoms with Gasteiger partial charge >= 0.3 is 0 Å². The summed E-state index contributed by atoms with van der Waals surface area (Å²) >= 11 is 4.13. The first-order valence-electron chi connectivity index (χ1n) is 4.22. The summed E-state index contributed by atoms with van der Waals surface area (Å²) in [5.74, 6) is 0.141. The van der Waals surface area contributed by atoms with Gasteiger partial charge in [0.25, 0.3) is 0 Å². The van der Waals surface area contributed by atoms with Crippen molar-refractivity contribution in [3.63, 3.8) is 0 Å². The maximum atomic E-state index is 11.1. The predicted molar refractivity (Wildman–Crippen MR) is 55.8 cm³/mol. The SMILES string of the molecule is CC1=NN(C)CC1C(CS)C(N)=O. The Morgan fingerprint density at radius 3 is 2.85 bits per heavy atom. The first-order chi connectivity index (χ1) is 6.06. The first kappa shape index (κ1) is 10.4. The summed E-state index contributed by atoms with van der Waals surface area (Å²) in [6, 6.07) is 0. The van der Waals surface area contributed by atoms with Crippen LogP contribution in [-0.2, 0) is 4.79 Å². The van der Waals surface area contributed by atoms with E-state index in [1.807, 2.05) is 19.0 Å². The third kappa shape index (κ3) is 2.15. The van der Waals surface area contributed by atoms with Gasteiger partial charge in [0.1, 0.15) is 0 Å². The smallest absolute Gasteiger partial charge is 0.222 e. The van der Waals surface area contributed by atoms with Crippen molar-refractivity contribution in [3.05, 3.63) is 0 Å². The Bertz CT molecular complexity index is 242. The zero-order chi connectivity index (χ0) is 10.0. The van der Waals surface area contributed by atoms with E-state index in [0.29, 0.717) is 5.75 Å². The molecule has 0 fully saturated rings. The zero-order valence-electron chi connectivity index (χ0n) is 7.90. The molecule has 13 heavy (non-hydrogen) atoms. The summed E-state index contributed by atoms with van der Waals surface area (Å²) in [5.41, 5.74) is 6.25. The van der Waals surface area contributed by atoms with E-state index >= 15 is 0 Å². The number of hydrogen-bond acceptors (Lipinski definition) is 4. The van der Waals surface area contributed by atoms with Crippen LogP contribution in [0.3, 0.4) is 0 Å². The second-order valence-corrected chi connectivity index (χ2v) is 3.74. The van der Waals surface area contributed by atoms with Crippen LogP contribution in [0.4, 0.5) is 0 Å². The lowest BCUT2D eigenvalue weighted by Gasteiger charge is -2.18. The first-order valence-corrected chi connectivity index (χ1v) is 4.86. The third-order valence-electron chi connectivity index (χ3n) is 2.37. The Kier molecular flexibility index (Phi) is 3.19. The summed E-state index contributed by atoms with van der Waals surface area (Å²) in [6.07, 6.45) is 0. The second kappa shape index (κ2) is 4.00.